The van der Waals surface area contributed by atoms with E-state index in [9.17, 15) is 0 Å². The summed E-state index contributed by atoms with van der Waals surface area (Å²) in [7, 11) is 0. The number of hydrogen-bond donors (Lipinski definition) is 0. The zero-order valence-corrected chi connectivity index (χ0v) is 9.71. The van der Waals surface area contributed by atoms with Gasteiger partial charge in [-0.2, -0.15) is 0 Å². The molecule has 0 radical (unpaired) electrons. The van der Waals surface area contributed by atoms with Gasteiger partial charge in [0.1, 0.15) is 0 Å². The van der Waals surface area contributed by atoms with Crippen LogP contribution < -0.4 is 0 Å². The average molecular weight is 215 g/mol. The molecule has 0 aromatic carbocycles. The van der Waals surface area contributed by atoms with Crippen LogP contribution in [0.4, 0.5) is 0 Å². The largest absolute Gasteiger partial charge is 0.262 e. The molecule has 0 atom stereocenters. The van der Waals surface area contributed by atoms with E-state index in [2.05, 4.69) is 42.3 Å². The Hall–Kier alpha value is -1.41. The summed E-state index contributed by atoms with van der Waals surface area (Å²) >= 11 is 1.81. The monoisotopic (exact) mass is 215 g/mol. The maximum absolute atomic E-state index is 4.17. The summed E-state index contributed by atoms with van der Waals surface area (Å²) in [4.78, 5) is 6.81. The minimum absolute atomic E-state index is 1.06. The minimum atomic E-state index is 1.06. The predicted molar refractivity (Wildman–Crippen MR) is 67.0 cm³/mol. The zero-order valence-electron chi connectivity index (χ0n) is 8.90. The van der Waals surface area contributed by atoms with E-state index < -0.39 is 0 Å². The van der Waals surface area contributed by atoms with Gasteiger partial charge in [0.25, 0.3) is 0 Å². The Balaban J connectivity index is 2.18. The second-order valence-corrected chi connectivity index (χ2v) is 4.83. The van der Waals surface area contributed by atoms with Crippen molar-refractivity contribution >= 4 is 23.5 Å². The van der Waals surface area contributed by atoms with Crippen molar-refractivity contribution in [2.24, 2.45) is 0 Å². The molecule has 0 aliphatic heterocycles. The SMILES string of the molecule is Cc1cc(/C=C/c2ccc(C)s2)ccn1. The lowest BCUT2D eigenvalue weighted by molar-refractivity contribution is 1.20. The molecule has 0 aliphatic carbocycles. The molecule has 2 aromatic rings. The molecular formula is C13H13NS. The molecular weight excluding hydrogens is 202 g/mol. The molecule has 0 saturated carbocycles. The number of nitrogens with zero attached hydrogens (tertiary/aromatic N) is 1. The van der Waals surface area contributed by atoms with Gasteiger partial charge >= 0.3 is 0 Å². The lowest BCUT2D eigenvalue weighted by Crippen LogP contribution is -1.79. The molecule has 15 heavy (non-hydrogen) atoms. The van der Waals surface area contributed by atoms with E-state index in [-0.39, 0.29) is 0 Å². The molecule has 0 bridgehead atoms. The molecule has 2 aromatic heterocycles. The smallest absolute Gasteiger partial charge is 0.0378 e. The third kappa shape index (κ3) is 2.77. The van der Waals surface area contributed by atoms with Crippen LogP contribution in [0.15, 0.2) is 30.5 Å². The maximum atomic E-state index is 4.17. The van der Waals surface area contributed by atoms with Crippen molar-refractivity contribution in [3.05, 3.63) is 51.5 Å². The van der Waals surface area contributed by atoms with E-state index in [1.165, 1.54) is 15.3 Å². The van der Waals surface area contributed by atoms with Crippen LogP contribution in [0, 0.1) is 13.8 Å². The van der Waals surface area contributed by atoms with Crippen LogP contribution >= 0.6 is 11.3 Å². The third-order valence-corrected chi connectivity index (χ3v) is 3.09. The summed E-state index contributed by atoms with van der Waals surface area (Å²) < 4.78 is 0. The van der Waals surface area contributed by atoms with Gasteiger partial charge in [-0.3, -0.25) is 4.98 Å². The Morgan fingerprint density at radius 1 is 1.13 bits per heavy atom. The van der Waals surface area contributed by atoms with Crippen molar-refractivity contribution in [2.45, 2.75) is 13.8 Å². The highest BCUT2D eigenvalue weighted by molar-refractivity contribution is 7.12. The molecule has 76 valence electrons. The quantitative estimate of drug-likeness (QED) is 0.739. The third-order valence-electron chi connectivity index (χ3n) is 2.12. The second-order valence-electron chi connectivity index (χ2n) is 3.51. The van der Waals surface area contributed by atoms with Crippen molar-refractivity contribution in [1.29, 1.82) is 0 Å². The summed E-state index contributed by atoms with van der Waals surface area (Å²) in [6, 6.07) is 8.38. The van der Waals surface area contributed by atoms with E-state index in [1.54, 1.807) is 0 Å². The fourth-order valence-corrected chi connectivity index (χ4v) is 2.17. The summed E-state index contributed by atoms with van der Waals surface area (Å²) in [6.45, 7) is 4.13. The van der Waals surface area contributed by atoms with Gasteiger partial charge < -0.3 is 0 Å². The summed E-state index contributed by atoms with van der Waals surface area (Å²) in [6.07, 6.45) is 6.11. The molecule has 0 amide bonds. The molecule has 2 rings (SSSR count). The fraction of sp³-hybridized carbons (Fsp3) is 0.154. The summed E-state index contributed by atoms with van der Waals surface area (Å²) in [5.74, 6) is 0. The summed E-state index contributed by atoms with van der Waals surface area (Å²) in [5.41, 5.74) is 2.26. The standard InChI is InChI=1S/C13H13NS/c1-10-9-12(7-8-14-10)4-6-13-5-3-11(2)15-13/h3-9H,1-2H3/b6-4+. The fourth-order valence-electron chi connectivity index (χ4n) is 1.39. The first-order valence-electron chi connectivity index (χ1n) is 4.91. The maximum Gasteiger partial charge on any atom is 0.0378 e. The van der Waals surface area contributed by atoms with Crippen molar-refractivity contribution < 1.29 is 0 Å². The Morgan fingerprint density at radius 2 is 2.00 bits per heavy atom. The van der Waals surface area contributed by atoms with Crippen LogP contribution in [-0.4, -0.2) is 4.98 Å². The topological polar surface area (TPSA) is 12.9 Å². The molecule has 0 saturated heterocycles. The Kier molecular flexibility index (Phi) is 2.97. The highest BCUT2D eigenvalue weighted by atomic mass is 32.1. The van der Waals surface area contributed by atoms with Crippen LogP contribution in [0.2, 0.25) is 0 Å². The van der Waals surface area contributed by atoms with Crippen molar-refractivity contribution in [2.75, 3.05) is 0 Å². The van der Waals surface area contributed by atoms with E-state index in [4.69, 9.17) is 0 Å². The van der Waals surface area contributed by atoms with E-state index in [0.717, 1.165) is 5.69 Å². The molecule has 2 heteroatoms. The minimum Gasteiger partial charge on any atom is -0.262 e. The molecule has 0 spiro atoms. The van der Waals surface area contributed by atoms with Gasteiger partial charge in [0.2, 0.25) is 0 Å². The normalized spacial score (nSPS) is 11.1. The van der Waals surface area contributed by atoms with E-state index in [0.29, 0.717) is 0 Å². The first-order chi connectivity index (χ1) is 7.24. The number of thiophene rings is 1. The van der Waals surface area contributed by atoms with Gasteiger partial charge in [-0.25, -0.2) is 0 Å². The average Bonchev–Trinajstić information content (AvgIpc) is 2.62. The number of hydrogen-bond acceptors (Lipinski definition) is 2. The molecule has 0 N–H and O–H groups in total. The van der Waals surface area contributed by atoms with Crippen LogP contribution in [0.1, 0.15) is 21.0 Å². The lowest BCUT2D eigenvalue weighted by atomic mass is 10.2. The number of aryl methyl sites for hydroxylation is 2. The Labute approximate surface area is 94.1 Å². The Morgan fingerprint density at radius 3 is 2.67 bits per heavy atom. The second kappa shape index (κ2) is 4.41. The van der Waals surface area contributed by atoms with Gasteiger partial charge in [0, 0.05) is 21.6 Å². The molecule has 0 unspecified atom stereocenters. The molecule has 2 heterocycles. The van der Waals surface area contributed by atoms with E-state index >= 15 is 0 Å². The zero-order chi connectivity index (χ0) is 10.7. The molecule has 1 nitrogen and oxygen atoms in total. The van der Waals surface area contributed by atoms with Gasteiger partial charge in [0.05, 0.1) is 0 Å². The highest BCUT2D eigenvalue weighted by Crippen LogP contribution is 2.17. The van der Waals surface area contributed by atoms with Gasteiger partial charge in [-0.15, -0.1) is 11.3 Å². The van der Waals surface area contributed by atoms with Crippen LogP contribution in [0.5, 0.6) is 0 Å². The van der Waals surface area contributed by atoms with Crippen molar-refractivity contribution in [3.63, 3.8) is 0 Å². The molecule has 0 fully saturated rings. The van der Waals surface area contributed by atoms with Gasteiger partial charge in [-0.05, 0) is 49.8 Å². The number of aromatic nitrogens is 1. The van der Waals surface area contributed by atoms with Crippen molar-refractivity contribution in [3.8, 4) is 0 Å². The van der Waals surface area contributed by atoms with Crippen molar-refractivity contribution in [1.82, 2.24) is 4.98 Å². The highest BCUT2D eigenvalue weighted by Gasteiger charge is 1.92. The lowest BCUT2D eigenvalue weighted by Gasteiger charge is -1.93. The first kappa shape index (κ1) is 10.1. The predicted octanol–water partition coefficient (Wildman–Crippen LogP) is 3.93. The first-order valence-corrected chi connectivity index (χ1v) is 5.73. The Bertz CT molecular complexity index is 483. The van der Waals surface area contributed by atoms with Gasteiger partial charge in [0.15, 0.2) is 0 Å². The van der Waals surface area contributed by atoms with Gasteiger partial charge in [-0.1, -0.05) is 6.08 Å². The van der Waals surface area contributed by atoms with E-state index in [1.807, 2.05) is 30.5 Å². The van der Waals surface area contributed by atoms with Crippen LogP contribution in [0.3, 0.4) is 0 Å². The van der Waals surface area contributed by atoms with Crippen LogP contribution in [0.25, 0.3) is 12.2 Å². The summed E-state index contributed by atoms with van der Waals surface area (Å²) in [5, 5.41) is 0. The van der Waals surface area contributed by atoms with Crippen LogP contribution in [-0.2, 0) is 0 Å². The number of pyridine rings is 1. The molecule has 0 aliphatic rings. The number of rotatable bonds is 2.